The average Bonchev–Trinajstić information content (AvgIpc) is 3.24. The fraction of sp³-hybridized carbons (Fsp3) is 0.685. The predicted octanol–water partition coefficient (Wildman–Crippen LogP) is 16.0. The maximum Gasteiger partial charge on any atom is 0.306 e. The Hall–Kier alpha value is -3.41. The van der Waals surface area contributed by atoms with Crippen molar-refractivity contribution < 1.29 is 28.6 Å². The zero-order valence-electron chi connectivity index (χ0n) is 38.9. The summed E-state index contributed by atoms with van der Waals surface area (Å²) in [6, 6.07) is 0. The highest BCUT2D eigenvalue weighted by molar-refractivity contribution is 5.71. The molecule has 0 saturated heterocycles. The molecule has 342 valence electrons. The van der Waals surface area contributed by atoms with Gasteiger partial charge in [-0.3, -0.25) is 14.4 Å². The van der Waals surface area contributed by atoms with Crippen molar-refractivity contribution in [2.24, 2.45) is 0 Å². The van der Waals surface area contributed by atoms with E-state index in [4.69, 9.17) is 14.2 Å². The van der Waals surface area contributed by atoms with Gasteiger partial charge in [0.1, 0.15) is 13.2 Å². The van der Waals surface area contributed by atoms with Crippen molar-refractivity contribution in [1.29, 1.82) is 0 Å². The first-order valence-electron chi connectivity index (χ1n) is 24.6. The topological polar surface area (TPSA) is 78.9 Å². The number of rotatable bonds is 43. The van der Waals surface area contributed by atoms with Gasteiger partial charge in [-0.2, -0.15) is 0 Å². The van der Waals surface area contributed by atoms with Crippen LogP contribution in [0.5, 0.6) is 0 Å². The molecule has 0 aliphatic rings. The number of unbranched alkanes of at least 4 members (excludes halogenated alkanes) is 18. The molecule has 0 saturated carbocycles. The van der Waals surface area contributed by atoms with Gasteiger partial charge in [-0.1, -0.05) is 209 Å². The molecule has 0 aliphatic carbocycles. The molecule has 0 rings (SSSR count). The first-order chi connectivity index (χ1) is 29.5. The van der Waals surface area contributed by atoms with Gasteiger partial charge in [0.2, 0.25) is 0 Å². The van der Waals surface area contributed by atoms with Gasteiger partial charge in [-0.25, -0.2) is 0 Å². The molecular weight excluding hydrogens is 745 g/mol. The summed E-state index contributed by atoms with van der Waals surface area (Å²) in [6.07, 6.45) is 61.5. The van der Waals surface area contributed by atoms with Gasteiger partial charge in [0.15, 0.2) is 6.10 Å². The van der Waals surface area contributed by atoms with Gasteiger partial charge in [0.25, 0.3) is 0 Å². The second kappa shape index (κ2) is 48.3. The molecule has 6 nitrogen and oxygen atoms in total. The molecule has 0 bridgehead atoms. The van der Waals surface area contributed by atoms with Crippen LogP contribution in [0.1, 0.15) is 220 Å². The van der Waals surface area contributed by atoms with Crippen LogP contribution in [0.3, 0.4) is 0 Å². The molecule has 0 aromatic heterocycles. The Labute approximate surface area is 369 Å². The Bertz CT molecular complexity index is 1190. The zero-order chi connectivity index (χ0) is 43.7. The van der Waals surface area contributed by atoms with Crippen LogP contribution in [0.2, 0.25) is 0 Å². The number of carbonyl (C=O) groups excluding carboxylic acids is 3. The normalized spacial score (nSPS) is 12.8. The minimum atomic E-state index is -0.817. The quantitative estimate of drug-likeness (QED) is 0.0263. The predicted molar refractivity (Wildman–Crippen MR) is 256 cm³/mol. The Morgan fingerprint density at radius 3 is 1.13 bits per heavy atom. The van der Waals surface area contributed by atoms with E-state index in [-0.39, 0.29) is 31.6 Å². The molecule has 0 aliphatic heterocycles. The first kappa shape index (κ1) is 56.6. The van der Waals surface area contributed by atoms with Crippen molar-refractivity contribution in [3.8, 4) is 0 Å². The largest absolute Gasteiger partial charge is 0.462 e. The van der Waals surface area contributed by atoms with E-state index in [0.717, 1.165) is 89.9 Å². The number of esters is 3. The summed E-state index contributed by atoms with van der Waals surface area (Å²) in [5.41, 5.74) is 0. The SMILES string of the molecule is CC/C=C\C/C=C\C/C=C\C/C=C\C/C=C\C/C=C\CCC(=O)O[C@H](COC(=O)CCCCCCC/C=C\CCCC)COC(=O)CCCCCCCCCCCCCC. The standard InChI is InChI=1S/C54H90O6/c1-4-7-10-13-16-19-22-24-25-26-27-28-29-30-33-36-39-42-45-48-54(57)60-51(49-58-52(55)46-43-40-37-34-31-21-18-15-12-9-6-3)50-59-53(56)47-44-41-38-35-32-23-20-17-14-11-8-5-2/h7,10,15-16,18-19,24-25,27-28,30,33,39,42,51H,4-6,8-9,11-14,17,20-23,26,29,31-32,34-38,40-41,43-50H2,1-3H3/b10-7-,18-15-,19-16-,25-24-,28-27-,33-30-,42-39-/t51-/m1/s1. The Morgan fingerprint density at radius 1 is 0.350 bits per heavy atom. The van der Waals surface area contributed by atoms with Crippen molar-refractivity contribution in [3.63, 3.8) is 0 Å². The Balaban J connectivity index is 4.51. The molecule has 0 fully saturated rings. The fourth-order valence-corrected chi connectivity index (χ4v) is 6.45. The van der Waals surface area contributed by atoms with Gasteiger partial charge >= 0.3 is 17.9 Å². The van der Waals surface area contributed by atoms with E-state index in [1.54, 1.807) is 0 Å². The van der Waals surface area contributed by atoms with E-state index in [0.29, 0.717) is 19.3 Å². The lowest BCUT2D eigenvalue weighted by Crippen LogP contribution is -2.30. The average molecular weight is 835 g/mol. The molecule has 0 aromatic carbocycles. The zero-order valence-corrected chi connectivity index (χ0v) is 38.9. The lowest BCUT2D eigenvalue weighted by atomic mass is 10.0. The molecule has 0 amide bonds. The van der Waals surface area contributed by atoms with Crippen molar-refractivity contribution >= 4 is 17.9 Å². The highest BCUT2D eigenvalue weighted by Crippen LogP contribution is 2.14. The van der Waals surface area contributed by atoms with Crippen LogP contribution in [-0.4, -0.2) is 37.2 Å². The summed E-state index contributed by atoms with van der Waals surface area (Å²) in [7, 11) is 0. The van der Waals surface area contributed by atoms with Crippen LogP contribution in [0.25, 0.3) is 0 Å². The molecule has 0 aromatic rings. The van der Waals surface area contributed by atoms with E-state index in [2.05, 4.69) is 93.7 Å². The van der Waals surface area contributed by atoms with Crippen LogP contribution >= 0.6 is 0 Å². The monoisotopic (exact) mass is 835 g/mol. The number of hydrogen-bond acceptors (Lipinski definition) is 6. The second-order valence-electron chi connectivity index (χ2n) is 16.0. The first-order valence-corrected chi connectivity index (χ1v) is 24.6. The molecule has 1 atom stereocenters. The van der Waals surface area contributed by atoms with Crippen molar-refractivity contribution in [2.45, 2.75) is 226 Å². The molecule has 0 radical (unpaired) electrons. The summed E-state index contributed by atoms with van der Waals surface area (Å²) in [6.45, 7) is 6.40. The summed E-state index contributed by atoms with van der Waals surface area (Å²) >= 11 is 0. The lowest BCUT2D eigenvalue weighted by molar-refractivity contribution is -0.166. The molecule has 0 unspecified atom stereocenters. The van der Waals surface area contributed by atoms with Gasteiger partial charge < -0.3 is 14.2 Å². The molecular formula is C54H90O6. The molecule has 60 heavy (non-hydrogen) atoms. The van der Waals surface area contributed by atoms with E-state index in [1.165, 1.54) is 83.5 Å². The van der Waals surface area contributed by atoms with Crippen molar-refractivity contribution in [1.82, 2.24) is 0 Å². The van der Waals surface area contributed by atoms with E-state index < -0.39 is 12.1 Å². The van der Waals surface area contributed by atoms with Gasteiger partial charge in [0, 0.05) is 19.3 Å². The second-order valence-corrected chi connectivity index (χ2v) is 16.0. The van der Waals surface area contributed by atoms with Crippen molar-refractivity contribution in [2.75, 3.05) is 13.2 Å². The highest BCUT2D eigenvalue weighted by atomic mass is 16.6. The summed E-state index contributed by atoms with van der Waals surface area (Å²) in [5, 5.41) is 0. The van der Waals surface area contributed by atoms with Crippen LogP contribution < -0.4 is 0 Å². The summed E-state index contributed by atoms with van der Waals surface area (Å²) in [5.74, 6) is -1.01. The third kappa shape index (κ3) is 45.7. The maximum absolute atomic E-state index is 12.7. The Kier molecular flexibility index (Phi) is 45.5. The van der Waals surface area contributed by atoms with Gasteiger partial charge in [0.05, 0.1) is 0 Å². The van der Waals surface area contributed by atoms with Crippen LogP contribution in [0.15, 0.2) is 85.1 Å². The smallest absolute Gasteiger partial charge is 0.306 e. The van der Waals surface area contributed by atoms with Crippen LogP contribution in [-0.2, 0) is 28.6 Å². The maximum atomic E-state index is 12.7. The van der Waals surface area contributed by atoms with E-state index in [9.17, 15) is 14.4 Å². The minimum absolute atomic E-state index is 0.108. The Morgan fingerprint density at radius 2 is 0.700 bits per heavy atom. The van der Waals surface area contributed by atoms with Gasteiger partial charge in [-0.05, 0) is 77.0 Å². The summed E-state index contributed by atoms with van der Waals surface area (Å²) < 4.78 is 16.7. The molecule has 0 heterocycles. The molecule has 0 spiro atoms. The lowest BCUT2D eigenvalue weighted by Gasteiger charge is -2.18. The van der Waals surface area contributed by atoms with E-state index in [1.807, 2.05) is 12.2 Å². The number of ether oxygens (including phenoxy) is 3. The third-order valence-corrected chi connectivity index (χ3v) is 10.1. The number of allylic oxidation sites excluding steroid dienone is 14. The van der Waals surface area contributed by atoms with Crippen LogP contribution in [0, 0.1) is 0 Å². The van der Waals surface area contributed by atoms with Crippen LogP contribution in [0.4, 0.5) is 0 Å². The van der Waals surface area contributed by atoms with Crippen molar-refractivity contribution in [3.05, 3.63) is 85.1 Å². The highest BCUT2D eigenvalue weighted by Gasteiger charge is 2.19. The van der Waals surface area contributed by atoms with Gasteiger partial charge in [-0.15, -0.1) is 0 Å². The number of hydrogen-bond donors (Lipinski definition) is 0. The fourth-order valence-electron chi connectivity index (χ4n) is 6.45. The van der Waals surface area contributed by atoms with E-state index >= 15 is 0 Å². The molecule has 6 heteroatoms. The third-order valence-electron chi connectivity index (χ3n) is 10.1. The minimum Gasteiger partial charge on any atom is -0.462 e. The summed E-state index contributed by atoms with van der Waals surface area (Å²) in [4.78, 5) is 37.8. The number of carbonyl (C=O) groups is 3. The molecule has 0 N–H and O–H groups in total.